The van der Waals surface area contributed by atoms with Gasteiger partial charge < -0.3 is 9.73 Å². The van der Waals surface area contributed by atoms with Crippen LogP contribution < -0.4 is 5.32 Å². The smallest absolute Gasteiger partial charge is 0.211 e. The summed E-state index contributed by atoms with van der Waals surface area (Å²) in [6, 6.07) is 0.774. The van der Waals surface area contributed by atoms with Gasteiger partial charge in [-0.3, -0.25) is 4.90 Å². The molecule has 1 aliphatic rings. The molecule has 1 aliphatic heterocycles. The first-order valence-corrected chi connectivity index (χ1v) is 6.77. The van der Waals surface area contributed by atoms with Crippen LogP contribution in [-0.4, -0.2) is 35.6 Å². The van der Waals surface area contributed by atoms with Gasteiger partial charge in [-0.15, -0.1) is 0 Å². The molecular weight excluding hydrogens is 226 g/mol. The second-order valence-electron chi connectivity index (χ2n) is 6.35. The number of nitrogens with zero attached hydrogens (tertiary/aromatic N) is 2. The first-order chi connectivity index (χ1) is 8.38. The number of rotatable bonds is 2. The molecule has 1 saturated heterocycles. The molecule has 0 amide bonds. The Bertz CT molecular complexity index is 394. The predicted octanol–water partition coefficient (Wildman–Crippen LogP) is 2.36. The molecule has 0 saturated carbocycles. The zero-order chi connectivity index (χ0) is 13.3. The summed E-state index contributed by atoms with van der Waals surface area (Å²) >= 11 is 0. The van der Waals surface area contributed by atoms with Gasteiger partial charge in [0.05, 0.1) is 12.2 Å². The van der Waals surface area contributed by atoms with Crippen LogP contribution in [0.3, 0.4) is 0 Å². The predicted molar refractivity (Wildman–Crippen MR) is 72.5 cm³/mol. The molecule has 0 aliphatic carbocycles. The summed E-state index contributed by atoms with van der Waals surface area (Å²) in [7, 11) is 0. The van der Waals surface area contributed by atoms with Gasteiger partial charge in [-0.1, -0.05) is 20.8 Å². The van der Waals surface area contributed by atoms with E-state index in [1.165, 1.54) is 0 Å². The van der Waals surface area contributed by atoms with Crippen molar-refractivity contribution in [3.8, 4) is 0 Å². The first kappa shape index (κ1) is 13.6. The number of oxazole rings is 1. The van der Waals surface area contributed by atoms with Gasteiger partial charge in [-0.2, -0.15) is 0 Å². The summed E-state index contributed by atoms with van der Waals surface area (Å²) in [6.45, 7) is 14.1. The van der Waals surface area contributed by atoms with E-state index in [0.29, 0.717) is 6.04 Å². The van der Waals surface area contributed by atoms with Crippen molar-refractivity contribution >= 4 is 0 Å². The number of nitrogens with one attached hydrogen (secondary N) is 1. The summed E-state index contributed by atoms with van der Waals surface area (Å²) in [4.78, 5) is 6.81. The number of aryl methyl sites for hydroxylation is 1. The van der Waals surface area contributed by atoms with Crippen molar-refractivity contribution in [2.75, 3.05) is 19.6 Å². The van der Waals surface area contributed by atoms with E-state index in [-0.39, 0.29) is 11.5 Å². The molecule has 0 radical (unpaired) electrons. The van der Waals surface area contributed by atoms with E-state index in [1.807, 2.05) is 6.92 Å². The summed E-state index contributed by atoms with van der Waals surface area (Å²) in [5.41, 5.74) is 0.283. The van der Waals surface area contributed by atoms with Gasteiger partial charge in [0, 0.05) is 25.7 Å². The van der Waals surface area contributed by atoms with Crippen molar-refractivity contribution in [2.24, 2.45) is 5.41 Å². The van der Waals surface area contributed by atoms with Crippen LogP contribution in [0.1, 0.15) is 45.4 Å². The average molecular weight is 251 g/mol. The fourth-order valence-electron chi connectivity index (χ4n) is 2.43. The number of aromatic nitrogens is 1. The molecule has 1 N–H and O–H groups in total. The molecule has 2 rings (SSSR count). The molecule has 0 aromatic carbocycles. The monoisotopic (exact) mass is 251 g/mol. The minimum Gasteiger partial charge on any atom is -0.444 e. The third kappa shape index (κ3) is 2.93. The van der Waals surface area contributed by atoms with Crippen LogP contribution in [-0.2, 0) is 0 Å². The Morgan fingerprint density at radius 3 is 2.78 bits per heavy atom. The minimum atomic E-state index is 0.255. The van der Waals surface area contributed by atoms with E-state index in [4.69, 9.17) is 4.42 Å². The largest absolute Gasteiger partial charge is 0.444 e. The van der Waals surface area contributed by atoms with Gasteiger partial charge in [0.15, 0.2) is 0 Å². The van der Waals surface area contributed by atoms with Gasteiger partial charge >= 0.3 is 0 Å². The third-order valence-electron chi connectivity index (χ3n) is 3.80. The number of hydrogen-bond donors (Lipinski definition) is 1. The molecular formula is C14H25N3O. The van der Waals surface area contributed by atoms with Crippen molar-refractivity contribution < 1.29 is 4.42 Å². The van der Waals surface area contributed by atoms with Crippen LogP contribution in [0.15, 0.2) is 10.6 Å². The SMILES string of the molecule is Cc1cnc(C(C)N2CCNC(C(C)(C)C)C2)o1. The topological polar surface area (TPSA) is 41.3 Å². The maximum Gasteiger partial charge on any atom is 0.211 e. The zero-order valence-electron chi connectivity index (χ0n) is 12.2. The summed E-state index contributed by atoms with van der Waals surface area (Å²) in [5, 5.41) is 3.61. The highest BCUT2D eigenvalue weighted by molar-refractivity contribution is 4.98. The Morgan fingerprint density at radius 2 is 2.22 bits per heavy atom. The lowest BCUT2D eigenvalue weighted by Gasteiger charge is -2.42. The number of hydrogen-bond acceptors (Lipinski definition) is 4. The summed E-state index contributed by atoms with van der Waals surface area (Å²) in [5.74, 6) is 1.72. The zero-order valence-corrected chi connectivity index (χ0v) is 12.2. The molecule has 2 heterocycles. The average Bonchev–Trinajstić information content (AvgIpc) is 2.74. The Labute approximate surface area is 110 Å². The van der Waals surface area contributed by atoms with Crippen molar-refractivity contribution in [3.05, 3.63) is 17.8 Å². The van der Waals surface area contributed by atoms with Gasteiger partial charge in [0.2, 0.25) is 5.89 Å². The van der Waals surface area contributed by atoms with Crippen LogP contribution in [0.4, 0.5) is 0 Å². The van der Waals surface area contributed by atoms with Gasteiger partial charge in [0.25, 0.3) is 0 Å². The fraction of sp³-hybridized carbons (Fsp3) is 0.786. The lowest BCUT2D eigenvalue weighted by atomic mass is 9.85. The van der Waals surface area contributed by atoms with Crippen molar-refractivity contribution in [3.63, 3.8) is 0 Å². The van der Waals surface area contributed by atoms with E-state index in [2.05, 4.69) is 42.9 Å². The van der Waals surface area contributed by atoms with E-state index in [9.17, 15) is 0 Å². The molecule has 4 heteroatoms. The third-order valence-corrected chi connectivity index (χ3v) is 3.80. The van der Waals surface area contributed by atoms with Gasteiger partial charge in [-0.25, -0.2) is 4.98 Å². The van der Waals surface area contributed by atoms with Crippen molar-refractivity contribution in [1.29, 1.82) is 0 Å². The highest BCUT2D eigenvalue weighted by atomic mass is 16.4. The van der Waals surface area contributed by atoms with Crippen LogP contribution in [0.25, 0.3) is 0 Å². The van der Waals surface area contributed by atoms with Crippen molar-refractivity contribution in [1.82, 2.24) is 15.2 Å². The Kier molecular flexibility index (Phi) is 3.78. The van der Waals surface area contributed by atoms with E-state index < -0.39 is 0 Å². The molecule has 2 unspecified atom stereocenters. The molecule has 1 aromatic rings. The Hall–Kier alpha value is -0.870. The molecule has 1 aromatic heterocycles. The van der Waals surface area contributed by atoms with Gasteiger partial charge in [-0.05, 0) is 19.3 Å². The molecule has 0 bridgehead atoms. The summed E-state index contributed by atoms with van der Waals surface area (Å²) < 4.78 is 5.65. The Morgan fingerprint density at radius 1 is 1.50 bits per heavy atom. The molecule has 0 spiro atoms. The quantitative estimate of drug-likeness (QED) is 0.876. The van der Waals surface area contributed by atoms with Crippen LogP contribution in [0, 0.1) is 12.3 Å². The first-order valence-electron chi connectivity index (χ1n) is 6.77. The summed E-state index contributed by atoms with van der Waals surface area (Å²) in [6.07, 6.45) is 1.80. The van der Waals surface area contributed by atoms with Crippen LogP contribution in [0.2, 0.25) is 0 Å². The highest BCUT2D eigenvalue weighted by Crippen LogP contribution is 2.26. The molecule has 2 atom stereocenters. The number of piperazine rings is 1. The van der Waals surface area contributed by atoms with Crippen LogP contribution in [0.5, 0.6) is 0 Å². The molecule has 4 nitrogen and oxygen atoms in total. The maximum atomic E-state index is 5.65. The highest BCUT2D eigenvalue weighted by Gasteiger charge is 2.32. The Balaban J connectivity index is 2.05. The standard InChI is InChI=1S/C14H25N3O/c1-10-8-16-13(18-10)11(2)17-7-6-15-12(9-17)14(3,4)5/h8,11-12,15H,6-7,9H2,1-5H3. The van der Waals surface area contributed by atoms with E-state index in [0.717, 1.165) is 31.3 Å². The maximum absolute atomic E-state index is 5.65. The normalized spacial score (nSPS) is 24.2. The molecule has 18 heavy (non-hydrogen) atoms. The van der Waals surface area contributed by atoms with E-state index >= 15 is 0 Å². The molecule has 1 fully saturated rings. The van der Waals surface area contributed by atoms with Gasteiger partial charge in [0.1, 0.15) is 5.76 Å². The van der Waals surface area contributed by atoms with E-state index in [1.54, 1.807) is 6.20 Å². The second kappa shape index (κ2) is 5.02. The minimum absolute atomic E-state index is 0.255. The van der Waals surface area contributed by atoms with Crippen LogP contribution >= 0.6 is 0 Å². The molecule has 102 valence electrons. The second-order valence-corrected chi connectivity index (χ2v) is 6.35. The lowest BCUT2D eigenvalue weighted by molar-refractivity contribution is 0.0926. The fourth-order valence-corrected chi connectivity index (χ4v) is 2.43. The van der Waals surface area contributed by atoms with Crippen molar-refractivity contribution in [2.45, 2.75) is 46.7 Å². The lowest BCUT2D eigenvalue weighted by Crippen LogP contribution is -2.56.